The van der Waals surface area contributed by atoms with E-state index in [9.17, 15) is 33.0 Å². The van der Waals surface area contributed by atoms with Gasteiger partial charge in [-0.2, -0.15) is 13.2 Å². The lowest BCUT2D eigenvalue weighted by Crippen LogP contribution is -2.72. The molecule has 1 saturated heterocycles. The zero-order chi connectivity index (χ0) is 21.4. The number of phenolic OH excluding ortho intramolecular Hbond substituents is 1. The van der Waals surface area contributed by atoms with Crippen molar-refractivity contribution in [3.05, 3.63) is 59.7 Å². The molecule has 7 nitrogen and oxygen atoms in total. The third kappa shape index (κ3) is 3.70. The molecule has 1 aliphatic heterocycles. The standard InChI is InChI=1S/C19H17F3N2O5/c1-29-13-7-5-10(6-8-13)16(26)14-15(11-3-2-4-12(25)9-11)23-17(27)24-18(14,28)19(20,21)22/h2-9,14-15,25,28H,1H3,(H2,23,24,27). The number of urea groups is 1. The van der Waals surface area contributed by atoms with Gasteiger partial charge in [-0.3, -0.25) is 4.79 Å². The zero-order valence-electron chi connectivity index (χ0n) is 15.0. The van der Waals surface area contributed by atoms with Crippen LogP contribution in [0.1, 0.15) is 22.0 Å². The molecule has 1 fully saturated rings. The van der Waals surface area contributed by atoms with Crippen LogP contribution in [0, 0.1) is 5.92 Å². The van der Waals surface area contributed by atoms with Crippen LogP contribution >= 0.6 is 0 Å². The van der Waals surface area contributed by atoms with Gasteiger partial charge in [0.05, 0.1) is 13.2 Å². The van der Waals surface area contributed by atoms with Crippen LogP contribution in [-0.4, -0.2) is 41.0 Å². The average Bonchev–Trinajstić information content (AvgIpc) is 2.66. The monoisotopic (exact) mass is 410 g/mol. The van der Waals surface area contributed by atoms with Crippen molar-refractivity contribution in [1.82, 2.24) is 10.6 Å². The van der Waals surface area contributed by atoms with E-state index in [2.05, 4.69) is 5.32 Å². The van der Waals surface area contributed by atoms with Crippen molar-refractivity contribution in [2.75, 3.05) is 7.11 Å². The van der Waals surface area contributed by atoms with Gasteiger partial charge in [-0.15, -0.1) is 0 Å². The van der Waals surface area contributed by atoms with E-state index in [1.165, 1.54) is 54.9 Å². The number of halogens is 3. The molecule has 29 heavy (non-hydrogen) atoms. The average molecular weight is 410 g/mol. The number of rotatable bonds is 4. The van der Waals surface area contributed by atoms with Crippen LogP contribution in [0.4, 0.5) is 18.0 Å². The molecular formula is C19H17F3N2O5. The molecule has 1 aliphatic rings. The van der Waals surface area contributed by atoms with Crippen molar-refractivity contribution in [1.29, 1.82) is 0 Å². The van der Waals surface area contributed by atoms with E-state index in [4.69, 9.17) is 4.74 Å². The molecule has 0 saturated carbocycles. The minimum Gasteiger partial charge on any atom is -0.508 e. The minimum atomic E-state index is -5.35. The molecular weight excluding hydrogens is 393 g/mol. The topological polar surface area (TPSA) is 108 Å². The molecule has 3 atom stereocenters. The fraction of sp³-hybridized carbons (Fsp3) is 0.263. The Morgan fingerprint density at radius 3 is 2.38 bits per heavy atom. The second-order valence-electron chi connectivity index (χ2n) is 6.51. The van der Waals surface area contributed by atoms with Gasteiger partial charge >= 0.3 is 12.2 Å². The summed E-state index contributed by atoms with van der Waals surface area (Å²) in [5.74, 6) is -3.13. The Bertz CT molecular complexity index is 932. The van der Waals surface area contributed by atoms with Gasteiger partial charge in [-0.1, -0.05) is 12.1 Å². The number of ether oxygens (including phenoxy) is 1. The summed E-state index contributed by atoms with van der Waals surface area (Å²) >= 11 is 0. The predicted molar refractivity (Wildman–Crippen MR) is 94.3 cm³/mol. The highest BCUT2D eigenvalue weighted by Gasteiger charge is 2.66. The summed E-state index contributed by atoms with van der Waals surface area (Å²) in [7, 11) is 1.39. The number of carbonyl (C=O) groups is 2. The van der Waals surface area contributed by atoms with E-state index in [1.54, 1.807) is 0 Å². The first-order chi connectivity index (χ1) is 13.6. The SMILES string of the molecule is COc1ccc(C(=O)C2C(c3cccc(O)c3)NC(=O)NC2(O)C(F)(F)F)cc1. The van der Waals surface area contributed by atoms with Crippen molar-refractivity contribution >= 4 is 11.8 Å². The van der Waals surface area contributed by atoms with Gasteiger partial charge in [0.2, 0.25) is 5.72 Å². The number of carbonyl (C=O) groups excluding carboxylic acids is 2. The van der Waals surface area contributed by atoms with E-state index in [0.717, 1.165) is 6.07 Å². The second kappa shape index (κ2) is 7.28. The van der Waals surface area contributed by atoms with Crippen molar-refractivity contribution in [2.24, 2.45) is 5.92 Å². The Kier molecular flexibility index (Phi) is 5.14. The molecule has 0 aromatic heterocycles. The Morgan fingerprint density at radius 2 is 1.83 bits per heavy atom. The number of nitrogens with one attached hydrogen (secondary N) is 2. The van der Waals surface area contributed by atoms with Crippen molar-refractivity contribution in [3.63, 3.8) is 0 Å². The summed E-state index contributed by atoms with van der Waals surface area (Å²) < 4.78 is 46.4. The number of hydrogen-bond acceptors (Lipinski definition) is 5. The number of Topliss-reactive ketones (excluding diaryl/α,β-unsaturated/α-hetero) is 1. The third-order valence-electron chi connectivity index (χ3n) is 4.69. The van der Waals surface area contributed by atoms with E-state index in [1.807, 2.05) is 0 Å². The Balaban J connectivity index is 2.14. The summed E-state index contributed by atoms with van der Waals surface area (Å²) in [6.45, 7) is 0. The number of alkyl halides is 3. The molecule has 3 unspecified atom stereocenters. The number of aliphatic hydroxyl groups is 1. The lowest BCUT2D eigenvalue weighted by atomic mass is 9.77. The van der Waals surface area contributed by atoms with E-state index >= 15 is 0 Å². The lowest BCUT2D eigenvalue weighted by molar-refractivity contribution is -0.287. The highest BCUT2D eigenvalue weighted by atomic mass is 19.4. The smallest absolute Gasteiger partial charge is 0.437 e. The van der Waals surface area contributed by atoms with Crippen LogP contribution in [0.2, 0.25) is 0 Å². The number of phenols is 1. The van der Waals surface area contributed by atoms with Crippen LogP contribution in [0.3, 0.4) is 0 Å². The maximum Gasteiger partial charge on any atom is 0.437 e. The van der Waals surface area contributed by atoms with Gasteiger partial charge in [0.25, 0.3) is 0 Å². The first-order valence-electron chi connectivity index (χ1n) is 8.42. The van der Waals surface area contributed by atoms with Crippen molar-refractivity contribution in [2.45, 2.75) is 17.9 Å². The summed E-state index contributed by atoms with van der Waals surface area (Å²) in [6.07, 6.45) is -5.35. The molecule has 2 amide bonds. The van der Waals surface area contributed by atoms with Crippen molar-refractivity contribution in [3.8, 4) is 11.5 Å². The molecule has 2 aromatic rings. The third-order valence-corrected chi connectivity index (χ3v) is 4.69. The maximum absolute atomic E-state index is 13.8. The van der Waals surface area contributed by atoms with Crippen LogP contribution in [0.5, 0.6) is 11.5 Å². The molecule has 0 aliphatic carbocycles. The first kappa shape index (κ1) is 20.5. The number of methoxy groups -OCH3 is 1. The zero-order valence-corrected chi connectivity index (χ0v) is 15.0. The molecule has 3 rings (SSSR count). The fourth-order valence-electron chi connectivity index (χ4n) is 3.27. The van der Waals surface area contributed by atoms with Crippen LogP contribution in [0.25, 0.3) is 0 Å². The van der Waals surface area contributed by atoms with Gasteiger partial charge in [0, 0.05) is 5.56 Å². The highest BCUT2D eigenvalue weighted by molar-refractivity contribution is 6.00. The van der Waals surface area contributed by atoms with Gasteiger partial charge in [-0.25, -0.2) is 4.79 Å². The van der Waals surface area contributed by atoms with Crippen molar-refractivity contribution < 1.29 is 37.7 Å². The maximum atomic E-state index is 13.8. The highest BCUT2D eigenvalue weighted by Crippen LogP contribution is 2.44. The Labute approximate surface area is 163 Å². The Hall–Kier alpha value is -3.27. The Morgan fingerprint density at radius 1 is 1.17 bits per heavy atom. The first-order valence-corrected chi connectivity index (χ1v) is 8.42. The molecule has 0 spiro atoms. The van der Waals surface area contributed by atoms with Crippen LogP contribution in [0.15, 0.2) is 48.5 Å². The second-order valence-corrected chi connectivity index (χ2v) is 6.51. The van der Waals surface area contributed by atoms with Gasteiger partial charge < -0.3 is 25.6 Å². The van der Waals surface area contributed by atoms with E-state index < -0.39 is 35.7 Å². The molecule has 1 heterocycles. The van der Waals surface area contributed by atoms with E-state index in [0.29, 0.717) is 5.75 Å². The quantitative estimate of drug-likeness (QED) is 0.580. The lowest BCUT2D eigenvalue weighted by Gasteiger charge is -2.45. The number of hydrogen-bond donors (Lipinski definition) is 4. The number of amides is 2. The fourth-order valence-corrected chi connectivity index (χ4v) is 3.27. The normalized spacial score (nSPS) is 24.4. The molecule has 154 valence electrons. The van der Waals surface area contributed by atoms with E-state index in [-0.39, 0.29) is 16.9 Å². The molecule has 2 aromatic carbocycles. The minimum absolute atomic E-state index is 0.0226. The number of ketones is 1. The van der Waals surface area contributed by atoms with Gasteiger partial charge in [-0.05, 0) is 42.0 Å². The van der Waals surface area contributed by atoms with Crippen LogP contribution in [-0.2, 0) is 0 Å². The summed E-state index contributed by atoms with van der Waals surface area (Å²) in [6, 6.07) is 7.50. The summed E-state index contributed by atoms with van der Waals surface area (Å²) in [4.78, 5) is 25.0. The predicted octanol–water partition coefficient (Wildman–Crippen LogP) is 2.50. The summed E-state index contributed by atoms with van der Waals surface area (Å²) in [5, 5.41) is 23.8. The largest absolute Gasteiger partial charge is 0.508 e. The van der Waals surface area contributed by atoms with Gasteiger partial charge in [0.1, 0.15) is 17.4 Å². The molecule has 0 radical (unpaired) electrons. The molecule has 10 heteroatoms. The van der Waals surface area contributed by atoms with Gasteiger partial charge in [0.15, 0.2) is 5.78 Å². The van der Waals surface area contributed by atoms with Crippen LogP contribution < -0.4 is 15.4 Å². The number of benzene rings is 2. The molecule has 4 N–H and O–H groups in total. The number of aromatic hydroxyl groups is 1. The molecule has 0 bridgehead atoms. The summed E-state index contributed by atoms with van der Waals surface area (Å²) in [5.41, 5.74) is -3.93.